The number of ether oxygens (including phenoxy) is 1. The third-order valence-corrected chi connectivity index (χ3v) is 1.65. The molecule has 2 N–H and O–H groups in total. The summed E-state index contributed by atoms with van der Waals surface area (Å²) in [4.78, 5) is 22.0. The molecule has 0 aliphatic rings. The Morgan fingerprint density at radius 3 is 2.57 bits per heavy atom. The molecule has 0 unspecified atom stereocenters. The van der Waals surface area contributed by atoms with Crippen LogP contribution in [0.15, 0.2) is 24.3 Å². The molecule has 0 aliphatic heterocycles. The minimum atomic E-state index is -0.671. The fourth-order valence-corrected chi connectivity index (χ4v) is 0.970. The van der Waals surface area contributed by atoms with Gasteiger partial charge in [0.05, 0.1) is 12.7 Å². The molecule has 5 heteroatoms. The van der Waals surface area contributed by atoms with Crippen LogP contribution in [0.2, 0.25) is 0 Å². The second-order valence-corrected chi connectivity index (χ2v) is 2.51. The zero-order chi connectivity index (χ0) is 10.6. The number of hydrogen-bond acceptors (Lipinski definition) is 4. The van der Waals surface area contributed by atoms with Crippen molar-refractivity contribution in [1.29, 1.82) is 0 Å². The van der Waals surface area contributed by atoms with Crippen LogP contribution in [0.4, 0.5) is 0 Å². The number of hydroxylamine groups is 1. The smallest absolute Gasteiger partial charge is 0.337 e. The Morgan fingerprint density at radius 1 is 1.36 bits per heavy atom. The number of amides is 1. The normalized spacial score (nSPS) is 9.29. The zero-order valence-electron chi connectivity index (χ0n) is 7.48. The van der Waals surface area contributed by atoms with Crippen molar-refractivity contribution in [1.82, 2.24) is 5.48 Å². The van der Waals surface area contributed by atoms with E-state index in [4.69, 9.17) is 5.21 Å². The monoisotopic (exact) mass is 195 g/mol. The lowest BCUT2D eigenvalue weighted by Crippen LogP contribution is -2.19. The number of nitrogens with one attached hydrogen (secondary N) is 1. The zero-order valence-corrected chi connectivity index (χ0v) is 7.48. The predicted molar refractivity (Wildman–Crippen MR) is 47.0 cm³/mol. The molecular formula is C9H9NO4. The summed E-state index contributed by atoms with van der Waals surface area (Å²) in [5.74, 6) is -1.20. The van der Waals surface area contributed by atoms with Crippen LogP contribution in [0.3, 0.4) is 0 Å². The molecule has 0 fully saturated rings. The van der Waals surface area contributed by atoms with Gasteiger partial charge in [-0.3, -0.25) is 10.0 Å². The quantitative estimate of drug-likeness (QED) is 0.411. The molecule has 1 aromatic carbocycles. The van der Waals surface area contributed by atoms with Crippen LogP contribution in [0.5, 0.6) is 0 Å². The minimum absolute atomic E-state index is 0.190. The van der Waals surface area contributed by atoms with Crippen molar-refractivity contribution in [2.45, 2.75) is 0 Å². The molecule has 0 aliphatic carbocycles. The van der Waals surface area contributed by atoms with Gasteiger partial charge in [0, 0.05) is 5.56 Å². The number of carbonyl (C=O) groups is 2. The first kappa shape index (κ1) is 10.2. The van der Waals surface area contributed by atoms with Crippen LogP contribution in [0, 0.1) is 0 Å². The SMILES string of the molecule is COC(=O)c1cccc(C(=O)NO)c1. The Labute approximate surface area is 80.3 Å². The van der Waals surface area contributed by atoms with Crippen LogP contribution in [-0.4, -0.2) is 24.2 Å². The van der Waals surface area contributed by atoms with Crippen molar-refractivity contribution in [3.8, 4) is 0 Å². The number of benzene rings is 1. The van der Waals surface area contributed by atoms with Crippen molar-refractivity contribution < 1.29 is 19.5 Å². The highest BCUT2D eigenvalue weighted by atomic mass is 16.5. The predicted octanol–water partition coefficient (Wildman–Crippen LogP) is 0.592. The van der Waals surface area contributed by atoms with Gasteiger partial charge in [-0.05, 0) is 18.2 Å². The Bertz CT molecular complexity index is 330. The number of hydrogen-bond donors (Lipinski definition) is 2. The van der Waals surface area contributed by atoms with E-state index in [2.05, 4.69) is 4.74 Å². The summed E-state index contributed by atoms with van der Waals surface area (Å²) in [7, 11) is 1.25. The van der Waals surface area contributed by atoms with E-state index in [0.717, 1.165) is 0 Å². The highest BCUT2D eigenvalue weighted by molar-refractivity contribution is 5.97. The molecule has 74 valence electrons. The van der Waals surface area contributed by atoms with Crippen LogP contribution < -0.4 is 5.48 Å². The van der Waals surface area contributed by atoms with Gasteiger partial charge in [0.2, 0.25) is 0 Å². The van der Waals surface area contributed by atoms with Gasteiger partial charge in [0.15, 0.2) is 0 Å². The molecule has 1 amide bonds. The largest absolute Gasteiger partial charge is 0.465 e. The van der Waals surface area contributed by atoms with E-state index in [1.54, 1.807) is 0 Å². The number of methoxy groups -OCH3 is 1. The molecule has 0 aromatic heterocycles. The van der Waals surface area contributed by atoms with Gasteiger partial charge in [-0.2, -0.15) is 0 Å². The molecule has 0 heterocycles. The van der Waals surface area contributed by atoms with E-state index in [0.29, 0.717) is 0 Å². The van der Waals surface area contributed by atoms with Gasteiger partial charge in [-0.25, -0.2) is 10.3 Å². The second kappa shape index (κ2) is 4.38. The highest BCUT2D eigenvalue weighted by Crippen LogP contribution is 2.06. The molecule has 1 rings (SSSR count). The summed E-state index contributed by atoms with van der Waals surface area (Å²) in [6, 6.07) is 5.84. The third kappa shape index (κ3) is 2.08. The molecule has 0 bridgehead atoms. The van der Waals surface area contributed by atoms with Crippen LogP contribution in [0.25, 0.3) is 0 Å². The first-order valence-electron chi connectivity index (χ1n) is 3.82. The van der Waals surface area contributed by atoms with Crippen molar-refractivity contribution in [2.24, 2.45) is 0 Å². The lowest BCUT2D eigenvalue weighted by Gasteiger charge is -2.01. The summed E-state index contributed by atoms with van der Waals surface area (Å²) in [5, 5.41) is 8.36. The topological polar surface area (TPSA) is 75.6 Å². The van der Waals surface area contributed by atoms with Gasteiger partial charge in [-0.15, -0.1) is 0 Å². The van der Waals surface area contributed by atoms with E-state index < -0.39 is 11.9 Å². The maximum Gasteiger partial charge on any atom is 0.337 e. The first-order chi connectivity index (χ1) is 6.69. The van der Waals surface area contributed by atoms with Gasteiger partial charge in [0.1, 0.15) is 0 Å². The van der Waals surface area contributed by atoms with Crippen LogP contribution in [-0.2, 0) is 4.74 Å². The van der Waals surface area contributed by atoms with Crippen molar-refractivity contribution in [3.05, 3.63) is 35.4 Å². The van der Waals surface area contributed by atoms with E-state index in [-0.39, 0.29) is 11.1 Å². The van der Waals surface area contributed by atoms with E-state index in [9.17, 15) is 9.59 Å². The highest BCUT2D eigenvalue weighted by Gasteiger charge is 2.09. The number of esters is 1. The molecule has 0 atom stereocenters. The molecule has 0 saturated heterocycles. The number of carbonyl (C=O) groups excluding carboxylic acids is 2. The van der Waals surface area contributed by atoms with Gasteiger partial charge < -0.3 is 4.74 Å². The Morgan fingerprint density at radius 2 is 2.00 bits per heavy atom. The van der Waals surface area contributed by atoms with E-state index in [1.165, 1.54) is 36.9 Å². The van der Waals surface area contributed by atoms with Crippen LogP contribution >= 0.6 is 0 Å². The van der Waals surface area contributed by atoms with Crippen LogP contribution in [0.1, 0.15) is 20.7 Å². The Balaban J connectivity index is 3.01. The Kier molecular flexibility index (Phi) is 3.19. The molecule has 0 radical (unpaired) electrons. The third-order valence-electron chi connectivity index (χ3n) is 1.65. The number of rotatable bonds is 2. The summed E-state index contributed by atoms with van der Waals surface area (Å²) in [6.45, 7) is 0. The summed E-state index contributed by atoms with van der Waals surface area (Å²) >= 11 is 0. The average Bonchev–Trinajstić information content (AvgIpc) is 2.27. The summed E-state index contributed by atoms with van der Waals surface area (Å²) < 4.78 is 4.47. The Hall–Kier alpha value is -1.88. The van der Waals surface area contributed by atoms with Gasteiger partial charge >= 0.3 is 5.97 Å². The molecule has 14 heavy (non-hydrogen) atoms. The van der Waals surface area contributed by atoms with Gasteiger partial charge in [-0.1, -0.05) is 6.07 Å². The fourth-order valence-electron chi connectivity index (χ4n) is 0.970. The first-order valence-corrected chi connectivity index (χ1v) is 3.82. The molecule has 1 aromatic rings. The van der Waals surface area contributed by atoms with Gasteiger partial charge in [0.25, 0.3) is 5.91 Å². The van der Waals surface area contributed by atoms with Crippen molar-refractivity contribution >= 4 is 11.9 Å². The maximum absolute atomic E-state index is 11.1. The molecule has 5 nitrogen and oxygen atoms in total. The fraction of sp³-hybridized carbons (Fsp3) is 0.111. The second-order valence-electron chi connectivity index (χ2n) is 2.51. The molecule has 0 saturated carbocycles. The summed E-state index contributed by atoms with van der Waals surface area (Å²) in [6.07, 6.45) is 0. The maximum atomic E-state index is 11.1. The lowest BCUT2D eigenvalue weighted by molar-refractivity contribution is 0.0600. The van der Waals surface area contributed by atoms with Crippen molar-refractivity contribution in [2.75, 3.05) is 7.11 Å². The van der Waals surface area contributed by atoms with E-state index >= 15 is 0 Å². The lowest BCUT2D eigenvalue weighted by atomic mass is 10.1. The molecule has 0 spiro atoms. The van der Waals surface area contributed by atoms with E-state index in [1.807, 2.05) is 0 Å². The van der Waals surface area contributed by atoms with Crippen molar-refractivity contribution in [3.63, 3.8) is 0 Å². The average molecular weight is 195 g/mol. The minimum Gasteiger partial charge on any atom is -0.465 e. The standard InChI is InChI=1S/C9H9NO4/c1-14-9(12)7-4-2-3-6(5-7)8(11)10-13/h2-5,13H,1H3,(H,10,11). The summed E-state index contributed by atoms with van der Waals surface area (Å²) in [5.41, 5.74) is 1.92. The molecular weight excluding hydrogens is 186 g/mol.